The van der Waals surface area contributed by atoms with Crippen LogP contribution in [-0.2, 0) is 11.2 Å². The molecule has 116 valence electrons. The molecule has 1 aliphatic heterocycles. The first-order valence-corrected chi connectivity index (χ1v) is 7.80. The zero-order valence-corrected chi connectivity index (χ0v) is 13.1. The van der Waals surface area contributed by atoms with Crippen LogP contribution >= 0.6 is 0 Å². The number of carbonyl (C=O) groups excluding carboxylic acids is 2. The Bertz CT molecular complexity index is 722. The molecular formula is C20H19NO2. The summed E-state index contributed by atoms with van der Waals surface area (Å²) in [6, 6.07) is 18.9. The van der Waals surface area contributed by atoms with Crippen molar-refractivity contribution in [3.05, 3.63) is 84.1 Å². The molecule has 1 heterocycles. The predicted octanol–water partition coefficient (Wildman–Crippen LogP) is 3.47. The summed E-state index contributed by atoms with van der Waals surface area (Å²) in [5.74, 6) is -0.201. The summed E-state index contributed by atoms with van der Waals surface area (Å²) in [6.07, 6.45) is 3.78. The van der Waals surface area contributed by atoms with Crippen LogP contribution in [0.4, 0.5) is 0 Å². The fraction of sp³-hybridized carbons (Fsp3) is 0.200. The Hall–Kier alpha value is -2.68. The number of nitrogens with zero attached hydrogens (tertiary/aromatic N) is 1. The van der Waals surface area contributed by atoms with Gasteiger partial charge in [-0.05, 0) is 37.1 Å². The van der Waals surface area contributed by atoms with E-state index in [9.17, 15) is 9.59 Å². The first-order chi connectivity index (χ1) is 11.2. The van der Waals surface area contributed by atoms with Gasteiger partial charge in [0.25, 0.3) is 5.91 Å². The standard InChI is InChI=1S/C20H19NO2/c1-15-18(14-16-8-4-2-5-9-16)19(22)12-13-21(15)20(23)17-10-6-3-7-11-17/h2-13,15,18H,14H2,1H3/t15-,18-/m0/s1. The molecule has 3 nitrogen and oxygen atoms in total. The van der Waals surface area contributed by atoms with Crippen LogP contribution in [-0.4, -0.2) is 22.6 Å². The number of benzene rings is 2. The van der Waals surface area contributed by atoms with E-state index in [1.165, 1.54) is 6.08 Å². The Balaban J connectivity index is 1.83. The molecule has 0 radical (unpaired) electrons. The highest BCUT2D eigenvalue weighted by Crippen LogP contribution is 2.24. The molecule has 2 aromatic carbocycles. The van der Waals surface area contributed by atoms with E-state index < -0.39 is 0 Å². The monoisotopic (exact) mass is 305 g/mol. The summed E-state index contributed by atoms with van der Waals surface area (Å²) in [5.41, 5.74) is 1.75. The normalized spacial score (nSPS) is 20.6. The zero-order chi connectivity index (χ0) is 16.2. The van der Waals surface area contributed by atoms with E-state index in [0.717, 1.165) is 5.56 Å². The third-order valence-electron chi connectivity index (χ3n) is 4.34. The van der Waals surface area contributed by atoms with Crippen molar-refractivity contribution in [2.24, 2.45) is 5.92 Å². The zero-order valence-electron chi connectivity index (χ0n) is 13.1. The largest absolute Gasteiger partial charge is 0.311 e. The van der Waals surface area contributed by atoms with Crippen LogP contribution in [0.25, 0.3) is 0 Å². The lowest BCUT2D eigenvalue weighted by Crippen LogP contribution is -2.45. The molecule has 0 spiro atoms. The van der Waals surface area contributed by atoms with Crippen LogP contribution in [0.5, 0.6) is 0 Å². The fourth-order valence-electron chi connectivity index (χ4n) is 2.97. The summed E-state index contributed by atoms with van der Waals surface area (Å²) >= 11 is 0. The second-order valence-electron chi connectivity index (χ2n) is 5.83. The van der Waals surface area contributed by atoms with Crippen molar-refractivity contribution in [2.45, 2.75) is 19.4 Å². The maximum atomic E-state index is 12.7. The minimum atomic E-state index is -0.213. The molecule has 0 aliphatic carbocycles. The summed E-state index contributed by atoms with van der Waals surface area (Å²) in [7, 11) is 0. The van der Waals surface area contributed by atoms with Gasteiger partial charge in [-0.15, -0.1) is 0 Å². The van der Waals surface area contributed by atoms with Crippen LogP contribution in [0.2, 0.25) is 0 Å². The quantitative estimate of drug-likeness (QED) is 0.870. The second-order valence-corrected chi connectivity index (χ2v) is 5.83. The van der Waals surface area contributed by atoms with Crippen LogP contribution in [0.1, 0.15) is 22.8 Å². The first-order valence-electron chi connectivity index (χ1n) is 7.80. The number of carbonyl (C=O) groups is 2. The minimum absolute atomic E-state index is 0.0695. The molecule has 0 bridgehead atoms. The van der Waals surface area contributed by atoms with Crippen molar-refractivity contribution in [1.82, 2.24) is 4.90 Å². The SMILES string of the molecule is C[C@H]1[C@H](Cc2ccccc2)C(=O)C=CN1C(=O)c1ccccc1. The molecule has 2 aromatic rings. The van der Waals surface area contributed by atoms with E-state index in [0.29, 0.717) is 12.0 Å². The van der Waals surface area contributed by atoms with E-state index in [2.05, 4.69) is 0 Å². The number of rotatable bonds is 3. The Morgan fingerprint density at radius 3 is 2.26 bits per heavy atom. The van der Waals surface area contributed by atoms with E-state index in [-0.39, 0.29) is 23.7 Å². The molecule has 0 saturated carbocycles. The maximum Gasteiger partial charge on any atom is 0.258 e. The molecule has 0 saturated heterocycles. The number of hydrogen-bond acceptors (Lipinski definition) is 2. The van der Waals surface area contributed by atoms with Crippen molar-refractivity contribution in [2.75, 3.05) is 0 Å². The van der Waals surface area contributed by atoms with E-state index in [1.54, 1.807) is 23.2 Å². The summed E-state index contributed by atoms with van der Waals surface area (Å²) in [4.78, 5) is 26.6. The third-order valence-corrected chi connectivity index (χ3v) is 4.34. The van der Waals surface area contributed by atoms with Crippen molar-refractivity contribution in [1.29, 1.82) is 0 Å². The molecule has 2 atom stereocenters. The van der Waals surface area contributed by atoms with E-state index in [4.69, 9.17) is 0 Å². The lowest BCUT2D eigenvalue weighted by Gasteiger charge is -2.34. The maximum absolute atomic E-state index is 12.7. The highest BCUT2D eigenvalue weighted by Gasteiger charge is 2.33. The average molecular weight is 305 g/mol. The molecule has 3 heteroatoms. The molecule has 1 aliphatic rings. The van der Waals surface area contributed by atoms with Crippen LogP contribution in [0.3, 0.4) is 0 Å². The highest BCUT2D eigenvalue weighted by molar-refractivity contribution is 5.99. The van der Waals surface area contributed by atoms with Gasteiger partial charge in [-0.2, -0.15) is 0 Å². The van der Waals surface area contributed by atoms with Gasteiger partial charge in [0.15, 0.2) is 5.78 Å². The highest BCUT2D eigenvalue weighted by atomic mass is 16.2. The van der Waals surface area contributed by atoms with Gasteiger partial charge >= 0.3 is 0 Å². The summed E-state index contributed by atoms with van der Waals surface area (Å²) < 4.78 is 0. The topological polar surface area (TPSA) is 37.4 Å². The molecule has 0 N–H and O–H groups in total. The third kappa shape index (κ3) is 3.24. The summed E-state index contributed by atoms with van der Waals surface area (Å²) in [5, 5.41) is 0. The fourth-order valence-corrected chi connectivity index (χ4v) is 2.97. The van der Waals surface area contributed by atoms with Crippen LogP contribution < -0.4 is 0 Å². The lowest BCUT2D eigenvalue weighted by molar-refractivity contribution is -0.120. The van der Waals surface area contributed by atoms with Crippen molar-refractivity contribution < 1.29 is 9.59 Å². The van der Waals surface area contributed by atoms with Crippen LogP contribution in [0, 0.1) is 5.92 Å². The van der Waals surface area contributed by atoms with Gasteiger partial charge < -0.3 is 4.90 Å². The van der Waals surface area contributed by atoms with Crippen LogP contribution in [0.15, 0.2) is 72.9 Å². The van der Waals surface area contributed by atoms with Gasteiger partial charge in [0, 0.05) is 23.7 Å². The lowest BCUT2D eigenvalue weighted by atomic mass is 9.86. The Morgan fingerprint density at radius 2 is 1.61 bits per heavy atom. The van der Waals surface area contributed by atoms with E-state index >= 15 is 0 Å². The van der Waals surface area contributed by atoms with Gasteiger partial charge in [0.2, 0.25) is 0 Å². The minimum Gasteiger partial charge on any atom is -0.311 e. The van der Waals surface area contributed by atoms with Gasteiger partial charge in [-0.3, -0.25) is 9.59 Å². The predicted molar refractivity (Wildman–Crippen MR) is 89.9 cm³/mol. The molecule has 0 fully saturated rings. The average Bonchev–Trinajstić information content (AvgIpc) is 2.60. The molecular weight excluding hydrogens is 286 g/mol. The molecule has 3 rings (SSSR count). The smallest absolute Gasteiger partial charge is 0.258 e. The number of allylic oxidation sites excluding steroid dienone is 1. The van der Waals surface area contributed by atoms with Crippen molar-refractivity contribution in [3.63, 3.8) is 0 Å². The van der Waals surface area contributed by atoms with Gasteiger partial charge in [-0.25, -0.2) is 0 Å². The van der Waals surface area contributed by atoms with Gasteiger partial charge in [0.1, 0.15) is 0 Å². The first kappa shape index (κ1) is 15.2. The van der Waals surface area contributed by atoms with E-state index in [1.807, 2.05) is 55.5 Å². The Morgan fingerprint density at radius 1 is 1.00 bits per heavy atom. The van der Waals surface area contributed by atoms with Gasteiger partial charge in [-0.1, -0.05) is 48.5 Å². The van der Waals surface area contributed by atoms with Gasteiger partial charge in [0.05, 0.1) is 0 Å². The second kappa shape index (κ2) is 6.61. The number of ketones is 1. The molecule has 1 amide bonds. The Kier molecular flexibility index (Phi) is 4.38. The molecule has 23 heavy (non-hydrogen) atoms. The number of hydrogen-bond donors (Lipinski definition) is 0. The number of amides is 1. The molecule has 0 aromatic heterocycles. The molecule has 0 unspecified atom stereocenters. The Labute approximate surface area is 136 Å². The van der Waals surface area contributed by atoms with Crippen molar-refractivity contribution >= 4 is 11.7 Å². The summed E-state index contributed by atoms with van der Waals surface area (Å²) in [6.45, 7) is 1.94. The van der Waals surface area contributed by atoms with Crippen molar-refractivity contribution in [3.8, 4) is 0 Å².